The quantitative estimate of drug-likeness (QED) is 0.452. The predicted octanol–water partition coefficient (Wildman–Crippen LogP) is 4.95. The van der Waals surface area contributed by atoms with E-state index in [1.165, 1.54) is 40.5 Å². The second-order valence-corrected chi connectivity index (χ2v) is 8.00. The summed E-state index contributed by atoms with van der Waals surface area (Å²) in [6.07, 6.45) is 6.03. The summed E-state index contributed by atoms with van der Waals surface area (Å²) in [6.45, 7) is 6.72. The molecule has 1 aliphatic heterocycles. The fourth-order valence-electron chi connectivity index (χ4n) is 3.63. The number of aromatic amines is 1. The highest BCUT2D eigenvalue weighted by molar-refractivity contribution is 7.09. The first kappa shape index (κ1) is 18.7. The van der Waals surface area contributed by atoms with Crippen LogP contribution in [-0.2, 0) is 0 Å². The average molecular weight is 369 g/mol. The molecule has 0 aliphatic carbocycles. The van der Waals surface area contributed by atoms with Crippen molar-refractivity contribution in [2.75, 3.05) is 13.1 Å². The zero-order valence-corrected chi connectivity index (χ0v) is 16.4. The van der Waals surface area contributed by atoms with Crippen molar-refractivity contribution in [3.8, 4) is 0 Å². The van der Waals surface area contributed by atoms with E-state index in [2.05, 4.69) is 65.0 Å². The average Bonchev–Trinajstić information content (AvgIpc) is 3.31. The van der Waals surface area contributed by atoms with Crippen LogP contribution in [0.15, 0.2) is 46.9 Å². The molecule has 1 unspecified atom stereocenters. The highest BCUT2D eigenvalue weighted by Gasteiger charge is 2.23. The number of benzene rings is 1. The number of thiophene rings is 1. The normalized spacial score (nSPS) is 16.5. The van der Waals surface area contributed by atoms with Crippen LogP contribution in [0.4, 0.5) is 5.69 Å². The number of H-pyrrole nitrogens is 1. The van der Waals surface area contributed by atoms with Crippen LogP contribution < -0.4 is 11.1 Å². The molecule has 3 heterocycles. The van der Waals surface area contributed by atoms with Gasteiger partial charge in [0.15, 0.2) is 0 Å². The number of nitrogens with one attached hydrogen (secondary N) is 2. The van der Waals surface area contributed by atoms with Gasteiger partial charge in [-0.2, -0.15) is 0 Å². The largest absolute Gasteiger partial charge is 0.390 e. The molecule has 3 aromatic rings. The van der Waals surface area contributed by atoms with Gasteiger partial charge in [-0.1, -0.05) is 13.0 Å². The molecule has 0 amide bonds. The van der Waals surface area contributed by atoms with Crippen LogP contribution in [0.1, 0.15) is 36.1 Å². The van der Waals surface area contributed by atoms with Crippen molar-refractivity contribution in [1.29, 1.82) is 0 Å². The Morgan fingerprint density at radius 2 is 2.08 bits per heavy atom. The molecular weight excluding hydrogens is 340 g/mol. The molecular formula is C21H28N4S. The Labute approximate surface area is 159 Å². The minimum Gasteiger partial charge on any atom is -0.390 e. The smallest absolute Gasteiger partial charge is 0.0860 e. The highest BCUT2D eigenvalue weighted by Crippen LogP contribution is 2.35. The lowest BCUT2D eigenvalue weighted by atomic mass is 9.81. The molecule has 0 saturated carbocycles. The lowest BCUT2D eigenvalue weighted by Gasteiger charge is -2.28. The van der Waals surface area contributed by atoms with Crippen molar-refractivity contribution < 1.29 is 0 Å². The number of aryl methyl sites for hydroxylation is 1. The molecule has 0 spiro atoms. The molecule has 2 aromatic heterocycles. The second kappa shape index (κ2) is 9.01. The molecule has 5 heteroatoms. The third kappa shape index (κ3) is 4.54. The maximum absolute atomic E-state index is 5.39. The van der Waals surface area contributed by atoms with Gasteiger partial charge >= 0.3 is 0 Å². The topological polar surface area (TPSA) is 66.2 Å². The van der Waals surface area contributed by atoms with Gasteiger partial charge in [0.2, 0.25) is 0 Å². The molecule has 0 bridgehead atoms. The first-order valence-electron chi connectivity index (χ1n) is 9.25. The summed E-state index contributed by atoms with van der Waals surface area (Å²) in [7, 11) is 0. The van der Waals surface area contributed by atoms with Gasteiger partial charge in [-0.05, 0) is 79.9 Å². The number of nitrogens with zero attached hydrogens (tertiary/aromatic N) is 1. The molecule has 138 valence electrons. The fourth-order valence-corrected chi connectivity index (χ4v) is 4.16. The summed E-state index contributed by atoms with van der Waals surface area (Å²) in [5.74, 6) is 1.33. The van der Waals surface area contributed by atoms with Crippen molar-refractivity contribution in [3.05, 3.63) is 52.3 Å². The van der Waals surface area contributed by atoms with Crippen LogP contribution in [0, 0.1) is 12.8 Å². The van der Waals surface area contributed by atoms with E-state index >= 15 is 0 Å². The van der Waals surface area contributed by atoms with Gasteiger partial charge in [-0.3, -0.25) is 0 Å². The lowest BCUT2D eigenvalue weighted by molar-refractivity contribution is 0.331. The van der Waals surface area contributed by atoms with Crippen molar-refractivity contribution >= 4 is 34.3 Å². The van der Waals surface area contributed by atoms with Crippen molar-refractivity contribution in [3.63, 3.8) is 0 Å². The van der Waals surface area contributed by atoms with E-state index < -0.39 is 0 Å². The number of fused-ring (bicyclic) bond motifs is 1. The Hall–Kier alpha value is -2.11. The van der Waals surface area contributed by atoms with Crippen LogP contribution in [0.2, 0.25) is 0 Å². The van der Waals surface area contributed by atoms with Crippen molar-refractivity contribution in [2.24, 2.45) is 16.6 Å². The van der Waals surface area contributed by atoms with E-state index in [1.807, 2.05) is 6.07 Å². The molecule has 1 saturated heterocycles. The van der Waals surface area contributed by atoms with Gasteiger partial charge in [0.05, 0.1) is 12.0 Å². The van der Waals surface area contributed by atoms with Gasteiger partial charge in [-0.15, -0.1) is 11.3 Å². The zero-order chi connectivity index (χ0) is 18.4. The van der Waals surface area contributed by atoms with Crippen LogP contribution in [-0.4, -0.2) is 24.4 Å². The molecule has 1 atom stereocenters. The standard InChI is InChI=1S/C16H22N4.C5H6S/c1-11(12-4-6-18-7-5-12)15-9-19-16-3-2-13(20-10-17)8-14(15)16;1-5-3-2-4-6-5/h2-3,8-12,18-19H,4-7H2,1H3,(H2,17,20);2-4H,1H3. The third-order valence-electron chi connectivity index (χ3n) is 5.17. The molecule has 1 aliphatic rings. The highest BCUT2D eigenvalue weighted by atomic mass is 32.1. The fraction of sp³-hybridized carbons (Fsp3) is 0.381. The number of hydrogen-bond acceptors (Lipinski definition) is 3. The SMILES string of the molecule is CC(c1c[nH]c2ccc(N=CN)cc12)C1CCNCC1.Cc1cccs1. The van der Waals surface area contributed by atoms with Crippen molar-refractivity contribution in [2.45, 2.75) is 32.6 Å². The first-order valence-corrected chi connectivity index (χ1v) is 10.1. The summed E-state index contributed by atoms with van der Waals surface area (Å²) in [5, 5.41) is 6.79. The molecule has 0 radical (unpaired) electrons. The van der Waals surface area contributed by atoms with Crippen molar-refractivity contribution in [1.82, 2.24) is 10.3 Å². The van der Waals surface area contributed by atoms with E-state index in [4.69, 9.17) is 5.73 Å². The number of hydrogen-bond donors (Lipinski definition) is 3. The summed E-state index contributed by atoms with van der Waals surface area (Å²) in [4.78, 5) is 8.94. The molecule has 4 rings (SSSR count). The maximum Gasteiger partial charge on any atom is 0.0860 e. The molecule has 4 N–H and O–H groups in total. The Morgan fingerprint density at radius 1 is 1.27 bits per heavy atom. The first-order chi connectivity index (χ1) is 12.7. The van der Waals surface area contributed by atoms with E-state index in [9.17, 15) is 0 Å². The summed E-state index contributed by atoms with van der Waals surface area (Å²) in [5.41, 5.74) is 8.88. The van der Waals surface area contributed by atoms with Crippen LogP contribution in [0.5, 0.6) is 0 Å². The lowest BCUT2D eigenvalue weighted by Crippen LogP contribution is -2.30. The minimum absolute atomic E-state index is 0.572. The molecule has 1 fully saturated rings. The van der Waals surface area contributed by atoms with Crippen LogP contribution >= 0.6 is 11.3 Å². The molecule has 26 heavy (non-hydrogen) atoms. The Kier molecular flexibility index (Phi) is 6.47. The molecule has 1 aromatic carbocycles. The van der Waals surface area contributed by atoms with Crippen LogP contribution in [0.25, 0.3) is 10.9 Å². The monoisotopic (exact) mass is 368 g/mol. The molecule has 4 nitrogen and oxygen atoms in total. The van der Waals surface area contributed by atoms with E-state index in [0.717, 1.165) is 24.7 Å². The van der Waals surface area contributed by atoms with Crippen LogP contribution in [0.3, 0.4) is 0 Å². The van der Waals surface area contributed by atoms with Gasteiger partial charge in [0.25, 0.3) is 0 Å². The van der Waals surface area contributed by atoms with E-state index in [-0.39, 0.29) is 0 Å². The summed E-state index contributed by atoms with van der Waals surface area (Å²) >= 11 is 1.78. The number of aromatic nitrogens is 1. The zero-order valence-electron chi connectivity index (χ0n) is 15.5. The van der Waals surface area contributed by atoms with Gasteiger partial charge in [0.1, 0.15) is 0 Å². The Balaban J connectivity index is 0.000000278. The number of rotatable bonds is 3. The third-order valence-corrected chi connectivity index (χ3v) is 5.97. The summed E-state index contributed by atoms with van der Waals surface area (Å²) < 4.78 is 0. The predicted molar refractivity (Wildman–Crippen MR) is 114 cm³/mol. The van der Waals surface area contributed by atoms with Gasteiger partial charge in [-0.25, -0.2) is 4.99 Å². The Bertz CT molecular complexity index is 829. The van der Waals surface area contributed by atoms with Gasteiger partial charge < -0.3 is 16.0 Å². The summed E-state index contributed by atoms with van der Waals surface area (Å²) in [6, 6.07) is 10.4. The minimum atomic E-state index is 0.572. The van der Waals surface area contributed by atoms with Gasteiger partial charge in [0, 0.05) is 22.0 Å². The maximum atomic E-state index is 5.39. The second-order valence-electron chi connectivity index (χ2n) is 6.85. The Morgan fingerprint density at radius 3 is 2.69 bits per heavy atom. The van der Waals surface area contributed by atoms with E-state index in [0.29, 0.717) is 5.92 Å². The number of aliphatic imine (C=N–C) groups is 1. The number of nitrogens with two attached hydrogens (primary N) is 1. The van der Waals surface area contributed by atoms with E-state index in [1.54, 1.807) is 11.3 Å². The number of piperidine rings is 1.